The molecule has 3 aromatic heterocycles. The van der Waals surface area contributed by atoms with Crippen molar-refractivity contribution in [1.29, 1.82) is 0 Å². The number of rotatable bonds is 3. The van der Waals surface area contributed by atoms with Crippen LogP contribution in [-0.2, 0) is 10.8 Å². The minimum Gasteiger partial charge on any atom is -0.456 e. The lowest BCUT2D eigenvalue weighted by Gasteiger charge is -2.40. The van der Waals surface area contributed by atoms with E-state index in [0.29, 0.717) is 0 Å². The van der Waals surface area contributed by atoms with Gasteiger partial charge in [0.1, 0.15) is 11.2 Å². The van der Waals surface area contributed by atoms with Gasteiger partial charge < -0.3 is 9.32 Å². The van der Waals surface area contributed by atoms with Crippen LogP contribution in [0.1, 0.15) is 44.5 Å². The third-order valence-corrected chi connectivity index (χ3v) is 15.8. The van der Waals surface area contributed by atoms with E-state index in [-0.39, 0.29) is 0 Å². The first-order valence-electron chi connectivity index (χ1n) is 22.2. The Kier molecular flexibility index (Phi) is 6.99. The van der Waals surface area contributed by atoms with Gasteiger partial charge in [-0.2, -0.15) is 0 Å². The van der Waals surface area contributed by atoms with Gasteiger partial charge >= 0.3 is 0 Å². The third-order valence-electron chi connectivity index (χ3n) is 14.6. The summed E-state index contributed by atoms with van der Waals surface area (Å²) in [5, 5.41) is 2.21. The van der Waals surface area contributed by atoms with Gasteiger partial charge in [0.25, 0.3) is 0 Å². The summed E-state index contributed by atoms with van der Waals surface area (Å²) < 4.78 is 6.48. The number of hydrogen-bond donors (Lipinski definition) is 0. The van der Waals surface area contributed by atoms with Gasteiger partial charge in [0.15, 0.2) is 0 Å². The predicted molar refractivity (Wildman–Crippen MR) is 262 cm³/mol. The van der Waals surface area contributed by atoms with Crippen LogP contribution in [0, 0.1) is 0 Å². The minimum absolute atomic E-state index is 0.447. The van der Waals surface area contributed by atoms with Crippen molar-refractivity contribution in [2.75, 3.05) is 4.90 Å². The van der Waals surface area contributed by atoms with Crippen molar-refractivity contribution in [2.45, 2.75) is 20.6 Å². The molecule has 0 saturated carbocycles. The highest BCUT2D eigenvalue weighted by Crippen LogP contribution is 2.67. The Hall–Kier alpha value is -7.99. The van der Waals surface area contributed by atoms with Crippen molar-refractivity contribution in [2.24, 2.45) is 0 Å². The molecule has 4 heterocycles. The van der Waals surface area contributed by atoms with Gasteiger partial charge in [0.05, 0.1) is 34.1 Å². The maximum absolute atomic E-state index is 6.48. The molecule has 11 aromatic rings. The number of para-hydroxylation sites is 2. The molecule has 4 nitrogen and oxygen atoms in total. The number of anilines is 3. The molecule has 0 amide bonds. The second-order valence-corrected chi connectivity index (χ2v) is 18.7. The van der Waals surface area contributed by atoms with E-state index in [4.69, 9.17) is 14.4 Å². The first kappa shape index (κ1) is 35.5. The fraction of sp³-hybridized carbons (Fsp3) is 0.0333. The molecule has 0 saturated heterocycles. The van der Waals surface area contributed by atoms with Crippen LogP contribution in [0.3, 0.4) is 0 Å². The molecule has 0 fully saturated rings. The van der Waals surface area contributed by atoms with Gasteiger partial charge in [0.2, 0.25) is 0 Å². The molecule has 15 rings (SSSR count). The molecule has 65 heavy (non-hydrogen) atoms. The summed E-state index contributed by atoms with van der Waals surface area (Å²) in [5.41, 5.74) is 20.7. The molecule has 1 atom stereocenters. The van der Waals surface area contributed by atoms with Crippen LogP contribution < -0.4 is 4.90 Å². The molecule has 4 aliphatic rings. The topological polar surface area (TPSA) is 42.2 Å². The Morgan fingerprint density at radius 3 is 1.77 bits per heavy atom. The molecule has 5 heteroatoms. The summed E-state index contributed by atoms with van der Waals surface area (Å²) >= 11 is 1.89. The van der Waals surface area contributed by atoms with E-state index in [1.807, 2.05) is 36.3 Å². The SMILES string of the molecule is c1ccc(N(c2cnc3c(c2)C2(c4ccccc4Sc4cc5c(cc42)-c2ccccc2C52c4ccccc4-c4ccccc42)c2cccnc2-3)c2ccc3c(c2)oc2ccccc23)cc1. The third kappa shape index (κ3) is 4.43. The van der Waals surface area contributed by atoms with Crippen molar-refractivity contribution in [3.63, 3.8) is 0 Å². The molecule has 0 radical (unpaired) electrons. The molecule has 8 aromatic carbocycles. The zero-order valence-electron chi connectivity index (χ0n) is 34.9. The van der Waals surface area contributed by atoms with Crippen LogP contribution in [0.15, 0.2) is 227 Å². The van der Waals surface area contributed by atoms with E-state index in [1.165, 1.54) is 65.4 Å². The molecule has 3 aliphatic carbocycles. The fourth-order valence-corrected chi connectivity index (χ4v) is 13.4. The predicted octanol–water partition coefficient (Wildman–Crippen LogP) is 15.0. The maximum atomic E-state index is 6.48. The number of nitrogens with zero attached hydrogens (tertiary/aromatic N) is 3. The van der Waals surface area contributed by atoms with E-state index in [0.717, 1.165) is 61.5 Å². The number of fused-ring (bicyclic) bond motifs is 22. The average Bonchev–Trinajstić information content (AvgIpc) is 4.06. The molecule has 302 valence electrons. The summed E-state index contributed by atoms with van der Waals surface area (Å²) in [7, 11) is 0. The van der Waals surface area contributed by atoms with Crippen LogP contribution in [0.25, 0.3) is 55.6 Å². The lowest BCUT2D eigenvalue weighted by Crippen LogP contribution is -2.33. The van der Waals surface area contributed by atoms with E-state index in [2.05, 4.69) is 193 Å². The lowest BCUT2D eigenvalue weighted by molar-refractivity contribution is 0.669. The van der Waals surface area contributed by atoms with Crippen LogP contribution in [-0.4, -0.2) is 9.97 Å². The summed E-state index contributed by atoms with van der Waals surface area (Å²) in [6.07, 6.45) is 3.94. The summed E-state index contributed by atoms with van der Waals surface area (Å²) in [4.78, 5) is 15.4. The normalized spacial score (nSPS) is 16.1. The highest BCUT2D eigenvalue weighted by Gasteiger charge is 2.56. The Labute approximate surface area is 379 Å². The molecular formula is C60H35N3OS. The van der Waals surface area contributed by atoms with Gasteiger partial charge in [-0.25, -0.2) is 0 Å². The van der Waals surface area contributed by atoms with Crippen molar-refractivity contribution in [3.05, 3.63) is 257 Å². The number of pyridine rings is 2. The van der Waals surface area contributed by atoms with Gasteiger partial charge in [-0.1, -0.05) is 145 Å². The zero-order chi connectivity index (χ0) is 42.4. The summed E-state index contributed by atoms with van der Waals surface area (Å²) in [5.74, 6) is 0. The highest BCUT2D eigenvalue weighted by atomic mass is 32.2. The van der Waals surface area contributed by atoms with Crippen LogP contribution in [0.4, 0.5) is 17.1 Å². The number of benzene rings is 8. The van der Waals surface area contributed by atoms with E-state index in [1.54, 1.807) is 0 Å². The van der Waals surface area contributed by atoms with Gasteiger partial charge in [-0.3, -0.25) is 9.97 Å². The molecule has 0 bridgehead atoms. The summed E-state index contributed by atoms with van der Waals surface area (Å²) in [6, 6.07) is 73.5. The quantitative estimate of drug-likeness (QED) is 0.177. The van der Waals surface area contributed by atoms with Crippen LogP contribution >= 0.6 is 11.8 Å². The number of hydrogen-bond acceptors (Lipinski definition) is 5. The molecular weight excluding hydrogens is 811 g/mol. The van der Waals surface area contributed by atoms with Gasteiger partial charge in [0, 0.05) is 49.8 Å². The van der Waals surface area contributed by atoms with E-state index >= 15 is 0 Å². The average molecular weight is 846 g/mol. The lowest BCUT2D eigenvalue weighted by atomic mass is 9.66. The molecule has 2 spiro atoms. The Morgan fingerprint density at radius 1 is 0.369 bits per heavy atom. The molecule has 0 N–H and O–H groups in total. The van der Waals surface area contributed by atoms with Crippen LogP contribution in [0.5, 0.6) is 0 Å². The first-order chi connectivity index (χ1) is 32.2. The van der Waals surface area contributed by atoms with Gasteiger partial charge in [-0.05, 0) is 122 Å². The highest BCUT2D eigenvalue weighted by molar-refractivity contribution is 7.99. The smallest absolute Gasteiger partial charge is 0.137 e. The Balaban J connectivity index is 1.02. The second-order valence-electron chi connectivity index (χ2n) is 17.6. The number of aromatic nitrogens is 2. The number of furan rings is 1. The largest absolute Gasteiger partial charge is 0.456 e. The monoisotopic (exact) mass is 845 g/mol. The maximum Gasteiger partial charge on any atom is 0.137 e. The Bertz CT molecular complexity index is 3810. The van der Waals surface area contributed by atoms with Crippen molar-refractivity contribution >= 4 is 50.8 Å². The van der Waals surface area contributed by atoms with Crippen molar-refractivity contribution < 1.29 is 4.42 Å². The molecule has 1 unspecified atom stereocenters. The Morgan fingerprint density at radius 2 is 0.985 bits per heavy atom. The van der Waals surface area contributed by atoms with Crippen molar-refractivity contribution in [1.82, 2.24) is 9.97 Å². The standard InChI is InChI=1S/C60H35N3OS/c1-2-15-36(16-3-1)63(37-28-29-43-42-20-7-12-26-53(42)64-54(43)32-37)38-31-52-58(62-35-38)57-49(25-14-30-61-57)60(52)48-24-11-13-27-55(48)65-56-34-50-44(33-51(56)60)41-19-6-10-23-47(41)59(50)45-21-8-4-17-39(45)40-18-5-9-22-46(40)59/h1-35H. The minimum atomic E-state index is -0.713. The van der Waals surface area contributed by atoms with Crippen LogP contribution in [0.2, 0.25) is 0 Å². The first-order valence-corrected chi connectivity index (χ1v) is 23.0. The second kappa shape index (κ2) is 12.8. The van der Waals surface area contributed by atoms with E-state index in [9.17, 15) is 0 Å². The summed E-state index contributed by atoms with van der Waals surface area (Å²) in [6.45, 7) is 0. The fourth-order valence-electron chi connectivity index (χ4n) is 12.2. The van der Waals surface area contributed by atoms with E-state index < -0.39 is 10.8 Å². The van der Waals surface area contributed by atoms with Gasteiger partial charge in [-0.15, -0.1) is 0 Å². The molecule has 1 aliphatic heterocycles. The zero-order valence-corrected chi connectivity index (χ0v) is 35.7. The van der Waals surface area contributed by atoms with Crippen molar-refractivity contribution in [3.8, 4) is 33.6 Å².